The SMILES string of the molecule is Cc1nn(C)c(Oc2ccc3cc(Br)ccc3c2)c1CN. The van der Waals surface area contributed by atoms with Crippen molar-refractivity contribution in [1.29, 1.82) is 0 Å². The third kappa shape index (κ3) is 2.66. The van der Waals surface area contributed by atoms with Crippen LogP contribution in [0.5, 0.6) is 11.6 Å². The van der Waals surface area contributed by atoms with Crippen molar-refractivity contribution in [3.63, 3.8) is 0 Å². The molecule has 0 saturated heterocycles. The molecule has 0 saturated carbocycles. The highest BCUT2D eigenvalue weighted by molar-refractivity contribution is 9.10. The van der Waals surface area contributed by atoms with Gasteiger partial charge in [-0.15, -0.1) is 0 Å². The molecule has 0 bridgehead atoms. The van der Waals surface area contributed by atoms with Crippen molar-refractivity contribution in [1.82, 2.24) is 9.78 Å². The highest BCUT2D eigenvalue weighted by Crippen LogP contribution is 2.30. The van der Waals surface area contributed by atoms with Crippen molar-refractivity contribution in [2.75, 3.05) is 0 Å². The molecule has 0 unspecified atom stereocenters. The summed E-state index contributed by atoms with van der Waals surface area (Å²) in [6.45, 7) is 2.35. The molecule has 1 aromatic heterocycles. The number of hydrogen-bond acceptors (Lipinski definition) is 3. The second-order valence-corrected chi connectivity index (χ2v) is 5.87. The fraction of sp³-hybridized carbons (Fsp3) is 0.188. The van der Waals surface area contributed by atoms with E-state index >= 15 is 0 Å². The molecule has 1 heterocycles. The van der Waals surface area contributed by atoms with E-state index in [1.807, 2.05) is 38.2 Å². The van der Waals surface area contributed by atoms with E-state index in [4.69, 9.17) is 10.5 Å². The number of fused-ring (bicyclic) bond motifs is 1. The van der Waals surface area contributed by atoms with Crippen LogP contribution in [0.25, 0.3) is 10.8 Å². The highest BCUT2D eigenvalue weighted by atomic mass is 79.9. The predicted octanol–water partition coefficient (Wildman–Crippen LogP) is 3.90. The third-order valence-corrected chi connectivity index (χ3v) is 3.97. The van der Waals surface area contributed by atoms with Crippen molar-refractivity contribution in [2.24, 2.45) is 12.8 Å². The van der Waals surface area contributed by atoms with Gasteiger partial charge in [-0.3, -0.25) is 0 Å². The second kappa shape index (κ2) is 5.50. The molecule has 0 atom stereocenters. The fourth-order valence-corrected chi connectivity index (χ4v) is 2.79. The average molecular weight is 346 g/mol. The molecule has 5 heteroatoms. The molecule has 3 aromatic rings. The van der Waals surface area contributed by atoms with Crippen LogP contribution in [0.15, 0.2) is 40.9 Å². The number of nitrogens with zero attached hydrogens (tertiary/aromatic N) is 2. The minimum Gasteiger partial charge on any atom is -0.439 e. The first-order chi connectivity index (χ1) is 10.1. The topological polar surface area (TPSA) is 53.1 Å². The molecule has 21 heavy (non-hydrogen) atoms. The lowest BCUT2D eigenvalue weighted by Crippen LogP contribution is -2.01. The van der Waals surface area contributed by atoms with E-state index < -0.39 is 0 Å². The normalized spacial score (nSPS) is 11.0. The lowest BCUT2D eigenvalue weighted by atomic mass is 10.1. The van der Waals surface area contributed by atoms with Gasteiger partial charge < -0.3 is 10.5 Å². The monoisotopic (exact) mass is 345 g/mol. The summed E-state index contributed by atoms with van der Waals surface area (Å²) in [5.74, 6) is 1.48. The summed E-state index contributed by atoms with van der Waals surface area (Å²) in [5.41, 5.74) is 7.63. The van der Waals surface area contributed by atoms with Crippen LogP contribution in [0.4, 0.5) is 0 Å². The van der Waals surface area contributed by atoms with Crippen molar-refractivity contribution >= 4 is 26.7 Å². The first kappa shape index (κ1) is 14.1. The number of benzene rings is 2. The molecule has 0 fully saturated rings. The molecule has 0 spiro atoms. The molecule has 3 rings (SSSR count). The lowest BCUT2D eigenvalue weighted by Gasteiger charge is -2.09. The maximum absolute atomic E-state index is 6.00. The minimum atomic E-state index is 0.412. The van der Waals surface area contributed by atoms with Gasteiger partial charge in [-0.05, 0) is 42.0 Å². The maximum Gasteiger partial charge on any atom is 0.222 e. The van der Waals surface area contributed by atoms with Crippen molar-refractivity contribution in [3.8, 4) is 11.6 Å². The zero-order chi connectivity index (χ0) is 15.0. The summed E-state index contributed by atoms with van der Waals surface area (Å²) in [5, 5.41) is 6.65. The van der Waals surface area contributed by atoms with Crippen LogP contribution in [0.2, 0.25) is 0 Å². The Labute approximate surface area is 131 Å². The number of rotatable bonds is 3. The first-order valence-corrected chi connectivity index (χ1v) is 7.47. The van der Waals surface area contributed by atoms with Gasteiger partial charge in [0, 0.05) is 18.1 Å². The molecule has 108 valence electrons. The fourth-order valence-electron chi connectivity index (χ4n) is 2.41. The van der Waals surface area contributed by atoms with Gasteiger partial charge in [-0.25, -0.2) is 4.68 Å². The summed E-state index contributed by atoms with van der Waals surface area (Å²) >= 11 is 3.48. The maximum atomic E-state index is 6.00. The molecule has 0 aliphatic carbocycles. The molecule has 0 amide bonds. The summed E-state index contributed by atoms with van der Waals surface area (Å²) in [6.07, 6.45) is 0. The molecular formula is C16H16BrN3O. The Hall–Kier alpha value is -1.85. The zero-order valence-electron chi connectivity index (χ0n) is 11.9. The molecule has 2 aromatic carbocycles. The van der Waals surface area contributed by atoms with Gasteiger partial charge in [0.15, 0.2) is 0 Å². The Balaban J connectivity index is 2.00. The molecule has 4 nitrogen and oxygen atoms in total. The van der Waals surface area contributed by atoms with Crippen molar-refractivity contribution in [3.05, 3.63) is 52.1 Å². The average Bonchev–Trinajstić information content (AvgIpc) is 2.73. The summed E-state index contributed by atoms with van der Waals surface area (Å²) in [6, 6.07) is 12.2. The Morgan fingerprint density at radius 3 is 2.67 bits per heavy atom. The van der Waals surface area contributed by atoms with Crippen molar-refractivity contribution in [2.45, 2.75) is 13.5 Å². The van der Waals surface area contributed by atoms with Gasteiger partial charge in [0.05, 0.1) is 11.3 Å². The zero-order valence-corrected chi connectivity index (χ0v) is 13.5. The Morgan fingerprint density at radius 1 is 1.19 bits per heavy atom. The van der Waals surface area contributed by atoms with Crippen molar-refractivity contribution < 1.29 is 4.74 Å². The van der Waals surface area contributed by atoms with E-state index in [1.165, 1.54) is 0 Å². The molecule has 0 radical (unpaired) electrons. The van der Waals surface area contributed by atoms with E-state index in [9.17, 15) is 0 Å². The Bertz CT molecular complexity index is 811. The number of aryl methyl sites for hydroxylation is 2. The molecule has 2 N–H and O–H groups in total. The number of nitrogens with two attached hydrogens (primary N) is 1. The Kier molecular flexibility index (Phi) is 3.69. The smallest absolute Gasteiger partial charge is 0.222 e. The van der Waals surface area contributed by atoms with Gasteiger partial charge in [0.2, 0.25) is 5.88 Å². The number of hydrogen-bond donors (Lipinski definition) is 1. The molecule has 0 aliphatic rings. The largest absolute Gasteiger partial charge is 0.439 e. The standard InChI is InChI=1S/C16H16BrN3O/c1-10-15(9-18)16(20(2)19-10)21-14-6-4-11-7-13(17)5-3-12(11)8-14/h3-8H,9,18H2,1-2H3. The van der Waals surface area contributed by atoms with Crippen LogP contribution in [0, 0.1) is 6.92 Å². The van der Waals surface area contributed by atoms with E-state index in [-0.39, 0.29) is 0 Å². The van der Waals surface area contributed by atoms with Crippen LogP contribution in [-0.4, -0.2) is 9.78 Å². The van der Waals surface area contributed by atoms with Crippen LogP contribution in [0.3, 0.4) is 0 Å². The van der Waals surface area contributed by atoms with Gasteiger partial charge >= 0.3 is 0 Å². The van der Waals surface area contributed by atoms with E-state index in [0.717, 1.165) is 32.3 Å². The minimum absolute atomic E-state index is 0.412. The van der Waals surface area contributed by atoms with Gasteiger partial charge in [-0.2, -0.15) is 5.10 Å². The van der Waals surface area contributed by atoms with E-state index in [1.54, 1.807) is 4.68 Å². The van der Waals surface area contributed by atoms with Gasteiger partial charge in [0.25, 0.3) is 0 Å². The second-order valence-electron chi connectivity index (χ2n) is 4.95. The number of halogens is 1. The van der Waals surface area contributed by atoms with Crippen LogP contribution in [0.1, 0.15) is 11.3 Å². The summed E-state index contributed by atoms with van der Waals surface area (Å²) in [4.78, 5) is 0. The van der Waals surface area contributed by atoms with Gasteiger partial charge in [0.1, 0.15) is 5.75 Å². The number of ether oxygens (including phenoxy) is 1. The van der Waals surface area contributed by atoms with Crippen LogP contribution < -0.4 is 10.5 Å². The number of aromatic nitrogens is 2. The van der Waals surface area contributed by atoms with Crippen LogP contribution >= 0.6 is 15.9 Å². The van der Waals surface area contributed by atoms with Crippen LogP contribution in [-0.2, 0) is 13.6 Å². The molecular weight excluding hydrogens is 330 g/mol. The summed E-state index contributed by atoms with van der Waals surface area (Å²) in [7, 11) is 1.86. The Morgan fingerprint density at radius 2 is 1.90 bits per heavy atom. The van der Waals surface area contributed by atoms with Gasteiger partial charge in [-0.1, -0.05) is 28.1 Å². The summed E-state index contributed by atoms with van der Waals surface area (Å²) < 4.78 is 8.79. The highest BCUT2D eigenvalue weighted by Gasteiger charge is 2.14. The van der Waals surface area contributed by atoms with E-state index in [0.29, 0.717) is 12.4 Å². The molecule has 0 aliphatic heterocycles. The lowest BCUT2D eigenvalue weighted by molar-refractivity contribution is 0.426. The first-order valence-electron chi connectivity index (χ1n) is 6.68. The quantitative estimate of drug-likeness (QED) is 0.783. The van der Waals surface area contributed by atoms with E-state index in [2.05, 4.69) is 33.2 Å². The third-order valence-electron chi connectivity index (χ3n) is 3.48. The predicted molar refractivity (Wildman–Crippen MR) is 87.6 cm³/mol.